The first-order valence-electron chi connectivity index (χ1n) is 13.5. The van der Waals surface area contributed by atoms with Gasteiger partial charge in [-0.15, -0.1) is 0 Å². The van der Waals surface area contributed by atoms with Crippen LogP contribution in [0.15, 0.2) is 121 Å². The van der Waals surface area contributed by atoms with Crippen molar-refractivity contribution in [3.8, 4) is 33.8 Å². The second-order valence-electron chi connectivity index (χ2n) is 11.1. The summed E-state index contributed by atoms with van der Waals surface area (Å²) in [6, 6.07) is 43.4. The average Bonchev–Trinajstić information content (AvgIpc) is 3.21. The van der Waals surface area contributed by atoms with Crippen LogP contribution in [-0.4, -0.2) is 9.97 Å². The van der Waals surface area contributed by atoms with Gasteiger partial charge >= 0.3 is 0 Å². The fraction of sp³-hybridized carbons (Fsp3) is 0.0811. The summed E-state index contributed by atoms with van der Waals surface area (Å²) < 4.78 is 0. The van der Waals surface area contributed by atoms with Gasteiger partial charge in [-0.2, -0.15) is 0 Å². The molecule has 8 rings (SSSR count). The minimum atomic E-state index is -0.111. The third-order valence-corrected chi connectivity index (χ3v) is 8.44. The van der Waals surface area contributed by atoms with E-state index in [1.807, 2.05) is 0 Å². The predicted octanol–water partition coefficient (Wildman–Crippen LogP) is 9.58. The van der Waals surface area contributed by atoms with E-state index in [4.69, 9.17) is 9.97 Å². The molecule has 0 spiro atoms. The molecule has 0 aliphatic heterocycles. The maximum atomic E-state index is 5.25. The van der Waals surface area contributed by atoms with Crippen LogP contribution in [0, 0.1) is 0 Å². The van der Waals surface area contributed by atoms with Gasteiger partial charge in [0, 0.05) is 21.9 Å². The van der Waals surface area contributed by atoms with Crippen molar-refractivity contribution in [2.24, 2.45) is 0 Å². The number of rotatable bonds is 2. The standard InChI is InChI=1S/C37H26N2/c1-37(2)31-22-27(16-18-29(31)30-20-25-13-6-7-14-26(25)21-32(30)37)36-38-33-19-17-23-10-8-9-15-28(23)34(33)35(39-36)24-11-4-3-5-12-24/h3-22H,1-2H3. The molecule has 1 aliphatic rings. The monoisotopic (exact) mass is 498 g/mol. The zero-order valence-electron chi connectivity index (χ0n) is 21.9. The molecule has 39 heavy (non-hydrogen) atoms. The smallest absolute Gasteiger partial charge is 0.160 e. The summed E-state index contributed by atoms with van der Waals surface area (Å²) in [6.45, 7) is 4.66. The van der Waals surface area contributed by atoms with Gasteiger partial charge in [-0.05, 0) is 68.1 Å². The lowest BCUT2D eigenvalue weighted by atomic mass is 9.81. The summed E-state index contributed by atoms with van der Waals surface area (Å²) in [5, 5.41) is 6.04. The third-order valence-electron chi connectivity index (χ3n) is 8.44. The summed E-state index contributed by atoms with van der Waals surface area (Å²) in [5.41, 5.74) is 9.32. The van der Waals surface area contributed by atoms with Gasteiger partial charge in [0.25, 0.3) is 0 Å². The van der Waals surface area contributed by atoms with Crippen molar-refractivity contribution in [1.29, 1.82) is 0 Å². The van der Waals surface area contributed by atoms with Crippen LogP contribution in [0.1, 0.15) is 25.0 Å². The van der Waals surface area contributed by atoms with E-state index in [-0.39, 0.29) is 5.41 Å². The number of aromatic nitrogens is 2. The third kappa shape index (κ3) is 3.28. The number of hydrogen-bond acceptors (Lipinski definition) is 2. The molecule has 184 valence electrons. The molecule has 0 radical (unpaired) electrons. The number of fused-ring (bicyclic) bond motifs is 7. The minimum absolute atomic E-state index is 0.111. The lowest BCUT2D eigenvalue weighted by Crippen LogP contribution is -2.15. The molecule has 0 saturated heterocycles. The van der Waals surface area contributed by atoms with Crippen LogP contribution >= 0.6 is 0 Å². The van der Waals surface area contributed by atoms with Crippen LogP contribution in [0.5, 0.6) is 0 Å². The second-order valence-corrected chi connectivity index (χ2v) is 11.1. The molecule has 2 heteroatoms. The Balaban J connectivity index is 1.36. The predicted molar refractivity (Wildman–Crippen MR) is 163 cm³/mol. The highest BCUT2D eigenvalue weighted by Crippen LogP contribution is 2.50. The molecule has 0 atom stereocenters. The molecule has 6 aromatic carbocycles. The summed E-state index contributed by atoms with van der Waals surface area (Å²) in [4.78, 5) is 10.4. The summed E-state index contributed by atoms with van der Waals surface area (Å²) in [7, 11) is 0. The molecule has 1 heterocycles. The molecule has 0 unspecified atom stereocenters. The van der Waals surface area contributed by atoms with Crippen LogP contribution in [0.2, 0.25) is 0 Å². The molecule has 1 aliphatic carbocycles. The normalized spacial score (nSPS) is 13.6. The van der Waals surface area contributed by atoms with Gasteiger partial charge in [-0.1, -0.05) is 111 Å². The lowest BCUT2D eigenvalue weighted by molar-refractivity contribution is 0.661. The highest BCUT2D eigenvalue weighted by Gasteiger charge is 2.36. The molecule has 0 saturated carbocycles. The van der Waals surface area contributed by atoms with Crippen molar-refractivity contribution in [3.05, 3.63) is 132 Å². The highest BCUT2D eigenvalue weighted by atomic mass is 14.9. The molecular weight excluding hydrogens is 472 g/mol. The van der Waals surface area contributed by atoms with Crippen LogP contribution in [-0.2, 0) is 5.41 Å². The van der Waals surface area contributed by atoms with E-state index >= 15 is 0 Å². The SMILES string of the molecule is CC1(C)c2cc(-c3nc(-c4ccccc4)c4c(ccc5ccccc54)n3)ccc2-c2cc3ccccc3cc21. The van der Waals surface area contributed by atoms with Crippen molar-refractivity contribution < 1.29 is 0 Å². The van der Waals surface area contributed by atoms with E-state index in [1.165, 1.54) is 43.8 Å². The number of hydrogen-bond donors (Lipinski definition) is 0. The van der Waals surface area contributed by atoms with E-state index in [2.05, 4.69) is 135 Å². The number of nitrogens with zero attached hydrogens (tertiary/aromatic N) is 2. The molecule has 2 nitrogen and oxygen atoms in total. The van der Waals surface area contributed by atoms with Gasteiger partial charge in [0.2, 0.25) is 0 Å². The van der Waals surface area contributed by atoms with Gasteiger partial charge < -0.3 is 0 Å². The fourth-order valence-corrected chi connectivity index (χ4v) is 6.40. The first-order chi connectivity index (χ1) is 19.1. The molecular formula is C37H26N2. The Morgan fingerprint density at radius 1 is 0.513 bits per heavy atom. The quantitative estimate of drug-likeness (QED) is 0.222. The van der Waals surface area contributed by atoms with Gasteiger partial charge in [0.1, 0.15) is 0 Å². The van der Waals surface area contributed by atoms with E-state index in [1.54, 1.807) is 0 Å². The highest BCUT2D eigenvalue weighted by molar-refractivity contribution is 6.12. The second kappa shape index (κ2) is 8.09. The van der Waals surface area contributed by atoms with Crippen molar-refractivity contribution >= 4 is 32.4 Å². The first-order valence-corrected chi connectivity index (χ1v) is 13.5. The molecule has 0 N–H and O–H groups in total. The van der Waals surface area contributed by atoms with Crippen LogP contribution in [0.4, 0.5) is 0 Å². The summed E-state index contributed by atoms with van der Waals surface area (Å²) in [6.07, 6.45) is 0. The zero-order chi connectivity index (χ0) is 26.1. The average molecular weight is 499 g/mol. The minimum Gasteiger partial charge on any atom is -0.228 e. The maximum Gasteiger partial charge on any atom is 0.160 e. The van der Waals surface area contributed by atoms with Gasteiger partial charge in [0.15, 0.2) is 5.82 Å². The lowest BCUT2D eigenvalue weighted by Gasteiger charge is -2.22. The van der Waals surface area contributed by atoms with Crippen LogP contribution in [0.25, 0.3) is 66.2 Å². The molecule has 0 bridgehead atoms. The Kier molecular flexibility index (Phi) is 4.60. The van der Waals surface area contributed by atoms with Gasteiger partial charge in [-0.25, -0.2) is 9.97 Å². The molecule has 1 aromatic heterocycles. The van der Waals surface area contributed by atoms with Crippen molar-refractivity contribution in [1.82, 2.24) is 9.97 Å². The van der Waals surface area contributed by atoms with Gasteiger partial charge in [-0.3, -0.25) is 0 Å². The Labute approximate surface area is 227 Å². The Bertz CT molecular complexity index is 2090. The molecule has 0 fully saturated rings. The van der Waals surface area contributed by atoms with E-state index in [0.29, 0.717) is 0 Å². The fourth-order valence-electron chi connectivity index (χ4n) is 6.40. The van der Waals surface area contributed by atoms with Crippen molar-refractivity contribution in [2.45, 2.75) is 19.3 Å². The molecule has 7 aromatic rings. The Hall–Kier alpha value is -4.82. The summed E-state index contributed by atoms with van der Waals surface area (Å²) >= 11 is 0. The Morgan fingerprint density at radius 2 is 1.21 bits per heavy atom. The van der Waals surface area contributed by atoms with E-state index in [0.717, 1.165) is 33.5 Å². The topological polar surface area (TPSA) is 25.8 Å². The van der Waals surface area contributed by atoms with Gasteiger partial charge in [0.05, 0.1) is 11.2 Å². The van der Waals surface area contributed by atoms with E-state index < -0.39 is 0 Å². The largest absolute Gasteiger partial charge is 0.228 e. The number of benzene rings is 6. The van der Waals surface area contributed by atoms with Crippen molar-refractivity contribution in [3.63, 3.8) is 0 Å². The Morgan fingerprint density at radius 3 is 2.03 bits per heavy atom. The van der Waals surface area contributed by atoms with E-state index in [9.17, 15) is 0 Å². The zero-order valence-corrected chi connectivity index (χ0v) is 21.9. The molecule has 0 amide bonds. The van der Waals surface area contributed by atoms with Crippen molar-refractivity contribution in [2.75, 3.05) is 0 Å². The van der Waals surface area contributed by atoms with Crippen LogP contribution in [0.3, 0.4) is 0 Å². The summed E-state index contributed by atoms with van der Waals surface area (Å²) in [5.74, 6) is 0.761. The van der Waals surface area contributed by atoms with Crippen LogP contribution < -0.4 is 0 Å². The maximum absolute atomic E-state index is 5.25. The first kappa shape index (κ1) is 22.2.